The lowest BCUT2D eigenvalue weighted by Gasteiger charge is -2.33. The monoisotopic (exact) mass is 167 g/mol. The van der Waals surface area contributed by atoms with Crippen LogP contribution in [0.4, 0.5) is 0 Å². The number of terminal acetylenes is 1. The summed E-state index contributed by atoms with van der Waals surface area (Å²) in [6, 6.07) is 0. The maximum absolute atomic E-state index is 5.30. The molecular weight excluding hydrogens is 150 g/mol. The van der Waals surface area contributed by atoms with Crippen molar-refractivity contribution in [3.8, 4) is 12.3 Å². The molecule has 1 rings (SSSR count). The number of nitrogens with one attached hydrogen (secondary N) is 1. The van der Waals surface area contributed by atoms with E-state index in [9.17, 15) is 0 Å². The lowest BCUT2D eigenvalue weighted by atomic mass is 9.82. The van der Waals surface area contributed by atoms with Gasteiger partial charge < -0.3 is 10.1 Å². The summed E-state index contributed by atoms with van der Waals surface area (Å²) in [6.45, 7) is 5.78. The van der Waals surface area contributed by atoms with Crippen LogP contribution in [0.1, 0.15) is 19.8 Å². The molecular formula is C10H17NO. The Balaban J connectivity index is 2.23. The summed E-state index contributed by atoms with van der Waals surface area (Å²) in [4.78, 5) is 0. The third-order valence-corrected chi connectivity index (χ3v) is 2.48. The van der Waals surface area contributed by atoms with Crippen molar-refractivity contribution in [2.75, 3.05) is 26.3 Å². The van der Waals surface area contributed by atoms with E-state index in [2.05, 4.69) is 18.2 Å². The molecule has 1 heterocycles. The number of hydrogen-bond acceptors (Lipinski definition) is 2. The molecule has 68 valence electrons. The Labute approximate surface area is 74.7 Å². The number of rotatable bonds is 3. The largest absolute Gasteiger partial charge is 0.381 e. The van der Waals surface area contributed by atoms with E-state index in [1.807, 2.05) is 0 Å². The lowest BCUT2D eigenvalue weighted by Crippen LogP contribution is -2.36. The zero-order valence-corrected chi connectivity index (χ0v) is 7.73. The molecule has 0 aromatic rings. The highest BCUT2D eigenvalue weighted by Gasteiger charge is 2.26. The summed E-state index contributed by atoms with van der Waals surface area (Å²) in [6.07, 6.45) is 7.44. The molecule has 2 heteroatoms. The molecule has 1 aliphatic heterocycles. The first-order valence-corrected chi connectivity index (χ1v) is 4.49. The molecule has 1 N–H and O–H groups in total. The van der Waals surface area contributed by atoms with Crippen LogP contribution in [0.25, 0.3) is 0 Å². The van der Waals surface area contributed by atoms with Crippen molar-refractivity contribution in [3.63, 3.8) is 0 Å². The minimum atomic E-state index is 0.398. The minimum Gasteiger partial charge on any atom is -0.381 e. The van der Waals surface area contributed by atoms with Gasteiger partial charge in [-0.1, -0.05) is 12.8 Å². The second-order valence-corrected chi connectivity index (χ2v) is 3.73. The van der Waals surface area contributed by atoms with Crippen molar-refractivity contribution in [1.29, 1.82) is 0 Å². The van der Waals surface area contributed by atoms with Gasteiger partial charge in [0.1, 0.15) is 0 Å². The molecule has 1 fully saturated rings. The van der Waals surface area contributed by atoms with Gasteiger partial charge in [-0.3, -0.25) is 0 Å². The van der Waals surface area contributed by atoms with Crippen molar-refractivity contribution >= 4 is 0 Å². The summed E-state index contributed by atoms with van der Waals surface area (Å²) < 4.78 is 5.30. The molecule has 12 heavy (non-hydrogen) atoms. The van der Waals surface area contributed by atoms with E-state index in [-0.39, 0.29) is 0 Å². The average Bonchev–Trinajstić information content (AvgIpc) is 2.06. The Morgan fingerprint density at radius 1 is 1.50 bits per heavy atom. The molecule has 1 aliphatic rings. The average molecular weight is 167 g/mol. The second kappa shape index (κ2) is 4.49. The Kier molecular flexibility index (Phi) is 3.58. The van der Waals surface area contributed by atoms with Crippen molar-refractivity contribution in [3.05, 3.63) is 0 Å². The molecule has 0 bridgehead atoms. The van der Waals surface area contributed by atoms with Gasteiger partial charge in [0.05, 0.1) is 6.54 Å². The van der Waals surface area contributed by atoms with Crippen LogP contribution in [-0.4, -0.2) is 26.3 Å². The molecule has 2 nitrogen and oxygen atoms in total. The first-order chi connectivity index (χ1) is 5.77. The Morgan fingerprint density at radius 3 is 2.75 bits per heavy atom. The summed E-state index contributed by atoms with van der Waals surface area (Å²) in [5.74, 6) is 2.58. The standard InChI is InChI=1S/C10H17NO/c1-3-6-11-9-10(2)4-7-12-8-5-10/h1,11H,4-9H2,2H3. The van der Waals surface area contributed by atoms with Gasteiger partial charge in [-0.2, -0.15) is 0 Å². The third kappa shape index (κ3) is 2.84. The molecule has 0 amide bonds. The van der Waals surface area contributed by atoms with Crippen molar-refractivity contribution in [1.82, 2.24) is 5.32 Å². The highest BCUT2D eigenvalue weighted by atomic mass is 16.5. The van der Waals surface area contributed by atoms with Crippen molar-refractivity contribution < 1.29 is 4.74 Å². The van der Waals surface area contributed by atoms with Crippen LogP contribution in [0.5, 0.6) is 0 Å². The highest BCUT2D eigenvalue weighted by molar-refractivity contribution is 4.88. The first kappa shape index (κ1) is 9.57. The van der Waals surface area contributed by atoms with E-state index in [1.54, 1.807) is 0 Å². The van der Waals surface area contributed by atoms with E-state index < -0.39 is 0 Å². The number of hydrogen-bond donors (Lipinski definition) is 1. The molecule has 0 unspecified atom stereocenters. The number of ether oxygens (including phenoxy) is 1. The van der Waals surface area contributed by atoms with Gasteiger partial charge in [0.25, 0.3) is 0 Å². The fourth-order valence-corrected chi connectivity index (χ4v) is 1.48. The molecule has 0 spiro atoms. The van der Waals surface area contributed by atoms with Crippen LogP contribution in [-0.2, 0) is 4.74 Å². The van der Waals surface area contributed by atoms with Crippen LogP contribution in [0.3, 0.4) is 0 Å². The van der Waals surface area contributed by atoms with E-state index in [0.29, 0.717) is 12.0 Å². The van der Waals surface area contributed by atoms with Crippen LogP contribution >= 0.6 is 0 Å². The maximum Gasteiger partial charge on any atom is 0.0574 e. The summed E-state index contributed by atoms with van der Waals surface area (Å²) >= 11 is 0. The van der Waals surface area contributed by atoms with Crippen LogP contribution in [0.2, 0.25) is 0 Å². The SMILES string of the molecule is C#CCNCC1(C)CCOCC1. The van der Waals surface area contributed by atoms with Gasteiger partial charge in [-0.05, 0) is 18.3 Å². The van der Waals surface area contributed by atoms with Gasteiger partial charge >= 0.3 is 0 Å². The molecule has 0 aliphatic carbocycles. The fraction of sp³-hybridized carbons (Fsp3) is 0.800. The summed E-state index contributed by atoms with van der Waals surface area (Å²) in [5.41, 5.74) is 0.398. The van der Waals surface area contributed by atoms with Gasteiger partial charge in [-0.25, -0.2) is 0 Å². The quantitative estimate of drug-likeness (QED) is 0.500. The zero-order chi connectivity index (χ0) is 8.86. The molecule has 0 radical (unpaired) electrons. The van der Waals surface area contributed by atoms with Crippen molar-refractivity contribution in [2.45, 2.75) is 19.8 Å². The van der Waals surface area contributed by atoms with Crippen LogP contribution in [0.15, 0.2) is 0 Å². The van der Waals surface area contributed by atoms with E-state index in [0.717, 1.165) is 32.6 Å². The zero-order valence-electron chi connectivity index (χ0n) is 7.73. The molecule has 0 saturated carbocycles. The lowest BCUT2D eigenvalue weighted by molar-refractivity contribution is 0.0246. The Bertz CT molecular complexity index is 165. The van der Waals surface area contributed by atoms with Crippen molar-refractivity contribution in [2.24, 2.45) is 5.41 Å². The highest BCUT2D eigenvalue weighted by Crippen LogP contribution is 2.28. The molecule has 0 aromatic heterocycles. The predicted octanol–water partition coefficient (Wildman–Crippen LogP) is 1.03. The molecule has 0 atom stereocenters. The van der Waals surface area contributed by atoms with E-state index >= 15 is 0 Å². The van der Waals surface area contributed by atoms with E-state index in [1.165, 1.54) is 0 Å². The molecule has 0 aromatic carbocycles. The van der Waals surface area contributed by atoms with E-state index in [4.69, 9.17) is 11.2 Å². The smallest absolute Gasteiger partial charge is 0.0574 e. The van der Waals surface area contributed by atoms with Crippen LogP contribution < -0.4 is 5.32 Å². The predicted molar refractivity (Wildman–Crippen MR) is 49.9 cm³/mol. The van der Waals surface area contributed by atoms with Gasteiger partial charge in [0.2, 0.25) is 0 Å². The second-order valence-electron chi connectivity index (χ2n) is 3.73. The normalized spacial score (nSPS) is 21.7. The molecule has 1 saturated heterocycles. The van der Waals surface area contributed by atoms with Gasteiger partial charge in [0, 0.05) is 19.8 Å². The summed E-state index contributed by atoms with van der Waals surface area (Å²) in [7, 11) is 0. The first-order valence-electron chi connectivity index (χ1n) is 4.49. The van der Waals surface area contributed by atoms with Crippen LogP contribution in [0, 0.1) is 17.8 Å². The third-order valence-electron chi connectivity index (χ3n) is 2.48. The summed E-state index contributed by atoms with van der Waals surface area (Å²) in [5, 5.41) is 3.25. The topological polar surface area (TPSA) is 21.3 Å². The van der Waals surface area contributed by atoms with Gasteiger partial charge in [-0.15, -0.1) is 6.42 Å². The maximum atomic E-state index is 5.30. The van der Waals surface area contributed by atoms with Gasteiger partial charge in [0.15, 0.2) is 0 Å². The minimum absolute atomic E-state index is 0.398. The Morgan fingerprint density at radius 2 is 2.17 bits per heavy atom. The Hall–Kier alpha value is -0.520. The fourth-order valence-electron chi connectivity index (χ4n) is 1.48.